The quantitative estimate of drug-likeness (QED) is 0.873. The maximum Gasteiger partial charge on any atom is 0.220 e. The number of amides is 1. The van der Waals surface area contributed by atoms with Crippen LogP contribution in [0.1, 0.15) is 43.9 Å². The fourth-order valence-corrected chi connectivity index (χ4v) is 3.26. The van der Waals surface area contributed by atoms with E-state index in [4.69, 9.17) is 9.47 Å². The number of benzene rings is 2. The average molecular weight is 357 g/mol. The Labute approximate surface area is 153 Å². The number of hydrogen-bond donors (Lipinski definition) is 1. The summed E-state index contributed by atoms with van der Waals surface area (Å²) in [6.45, 7) is 4.01. The Balaban J connectivity index is 1.68. The van der Waals surface area contributed by atoms with Gasteiger partial charge < -0.3 is 14.8 Å². The summed E-state index contributed by atoms with van der Waals surface area (Å²) in [5.41, 5.74) is 1.52. The van der Waals surface area contributed by atoms with Crippen molar-refractivity contribution in [2.45, 2.75) is 44.8 Å². The summed E-state index contributed by atoms with van der Waals surface area (Å²) in [5, 5.41) is 3.12. The van der Waals surface area contributed by atoms with Gasteiger partial charge in [0.25, 0.3) is 0 Å². The molecule has 0 bridgehead atoms. The molecule has 1 amide bonds. The molecule has 26 heavy (non-hydrogen) atoms. The molecule has 1 heterocycles. The van der Waals surface area contributed by atoms with Crippen molar-refractivity contribution in [1.29, 1.82) is 0 Å². The van der Waals surface area contributed by atoms with Crippen molar-refractivity contribution >= 4 is 5.91 Å². The molecule has 0 radical (unpaired) electrons. The molecule has 0 spiro atoms. The second-order valence-electron chi connectivity index (χ2n) is 7.22. The molecule has 1 N–H and O–H groups in total. The number of methoxy groups -OCH3 is 1. The highest BCUT2D eigenvalue weighted by molar-refractivity contribution is 5.77. The van der Waals surface area contributed by atoms with E-state index in [1.54, 1.807) is 19.2 Å². The van der Waals surface area contributed by atoms with Crippen molar-refractivity contribution in [2.24, 2.45) is 0 Å². The van der Waals surface area contributed by atoms with E-state index in [2.05, 4.69) is 5.32 Å². The summed E-state index contributed by atoms with van der Waals surface area (Å²) < 4.78 is 24.3. The van der Waals surface area contributed by atoms with Gasteiger partial charge in [0.1, 0.15) is 22.9 Å². The first-order valence-electron chi connectivity index (χ1n) is 8.77. The van der Waals surface area contributed by atoms with E-state index >= 15 is 0 Å². The number of nitrogens with one attached hydrogen (secondary N) is 1. The zero-order valence-corrected chi connectivity index (χ0v) is 15.3. The molecule has 138 valence electrons. The van der Waals surface area contributed by atoms with Crippen molar-refractivity contribution in [3.05, 3.63) is 59.4 Å². The zero-order valence-electron chi connectivity index (χ0n) is 15.3. The first kappa shape index (κ1) is 18.2. The van der Waals surface area contributed by atoms with Crippen LogP contribution < -0.4 is 14.8 Å². The van der Waals surface area contributed by atoms with Gasteiger partial charge in [-0.25, -0.2) is 4.39 Å². The van der Waals surface area contributed by atoms with Crippen molar-refractivity contribution < 1.29 is 18.7 Å². The monoisotopic (exact) mass is 357 g/mol. The summed E-state index contributed by atoms with van der Waals surface area (Å²) in [6, 6.07) is 11.8. The predicted octanol–water partition coefficient (Wildman–Crippen LogP) is 4.19. The average Bonchev–Trinajstić information content (AvgIpc) is 2.59. The van der Waals surface area contributed by atoms with E-state index in [9.17, 15) is 9.18 Å². The van der Waals surface area contributed by atoms with Crippen LogP contribution in [-0.4, -0.2) is 18.6 Å². The van der Waals surface area contributed by atoms with Gasteiger partial charge in [0.2, 0.25) is 5.91 Å². The molecule has 0 saturated carbocycles. The largest absolute Gasteiger partial charge is 0.497 e. The summed E-state index contributed by atoms with van der Waals surface area (Å²) in [6.07, 6.45) is 1.62. The van der Waals surface area contributed by atoms with Crippen LogP contribution in [0.2, 0.25) is 0 Å². The summed E-state index contributed by atoms with van der Waals surface area (Å²) in [5.74, 6) is 1.17. The molecule has 1 atom stereocenters. The maximum atomic E-state index is 13.0. The van der Waals surface area contributed by atoms with Crippen molar-refractivity contribution in [1.82, 2.24) is 5.32 Å². The molecule has 0 aliphatic carbocycles. The number of rotatable bonds is 5. The van der Waals surface area contributed by atoms with Gasteiger partial charge in [0.15, 0.2) is 0 Å². The van der Waals surface area contributed by atoms with Crippen LogP contribution in [0.4, 0.5) is 4.39 Å². The van der Waals surface area contributed by atoms with E-state index in [-0.39, 0.29) is 23.4 Å². The van der Waals surface area contributed by atoms with E-state index in [0.717, 1.165) is 22.6 Å². The molecule has 4 nitrogen and oxygen atoms in total. The van der Waals surface area contributed by atoms with Crippen LogP contribution in [0.25, 0.3) is 0 Å². The third-order valence-electron chi connectivity index (χ3n) is 4.57. The Bertz CT molecular complexity index is 786. The highest BCUT2D eigenvalue weighted by Crippen LogP contribution is 2.41. The van der Waals surface area contributed by atoms with Crippen LogP contribution in [0.3, 0.4) is 0 Å². The summed E-state index contributed by atoms with van der Waals surface area (Å²) in [7, 11) is 1.62. The molecule has 1 aliphatic heterocycles. The molecule has 3 rings (SSSR count). The third-order valence-corrected chi connectivity index (χ3v) is 4.57. The second kappa shape index (κ2) is 7.36. The Hall–Kier alpha value is -2.56. The van der Waals surface area contributed by atoms with E-state index in [0.29, 0.717) is 19.3 Å². The SMILES string of the molecule is COc1ccc2c(c1)OC(C)(C)C[C@@H]2NC(=O)CCc1ccc(F)cc1. The van der Waals surface area contributed by atoms with Gasteiger partial charge >= 0.3 is 0 Å². The number of carbonyl (C=O) groups is 1. The van der Waals surface area contributed by atoms with Crippen LogP contribution in [-0.2, 0) is 11.2 Å². The zero-order chi connectivity index (χ0) is 18.7. The third kappa shape index (κ3) is 4.34. The predicted molar refractivity (Wildman–Crippen MR) is 97.9 cm³/mol. The van der Waals surface area contributed by atoms with Crippen LogP contribution >= 0.6 is 0 Å². The molecule has 0 saturated heterocycles. The smallest absolute Gasteiger partial charge is 0.220 e. The molecule has 0 aromatic heterocycles. The lowest BCUT2D eigenvalue weighted by Gasteiger charge is -2.38. The summed E-state index contributed by atoms with van der Waals surface area (Å²) in [4.78, 5) is 12.4. The van der Waals surface area contributed by atoms with E-state index < -0.39 is 0 Å². The lowest BCUT2D eigenvalue weighted by atomic mass is 9.89. The van der Waals surface area contributed by atoms with E-state index in [1.165, 1.54) is 12.1 Å². The van der Waals surface area contributed by atoms with Gasteiger partial charge in [-0.15, -0.1) is 0 Å². The Morgan fingerprint density at radius 1 is 1.27 bits per heavy atom. The minimum atomic E-state index is -0.381. The molecule has 0 fully saturated rings. The number of aryl methyl sites for hydroxylation is 1. The topological polar surface area (TPSA) is 47.6 Å². The molecule has 1 aliphatic rings. The molecular formula is C21H24FNO3. The van der Waals surface area contributed by atoms with Gasteiger partial charge in [0, 0.05) is 24.5 Å². The van der Waals surface area contributed by atoms with Crippen molar-refractivity contribution in [2.75, 3.05) is 7.11 Å². The van der Waals surface area contributed by atoms with Crippen LogP contribution in [0.15, 0.2) is 42.5 Å². The highest BCUT2D eigenvalue weighted by Gasteiger charge is 2.34. The highest BCUT2D eigenvalue weighted by atomic mass is 19.1. The number of carbonyl (C=O) groups excluding carboxylic acids is 1. The van der Waals surface area contributed by atoms with E-state index in [1.807, 2.05) is 32.0 Å². The van der Waals surface area contributed by atoms with Gasteiger partial charge in [-0.2, -0.15) is 0 Å². The first-order chi connectivity index (χ1) is 12.4. The maximum absolute atomic E-state index is 13.0. The van der Waals surface area contributed by atoms with Crippen molar-refractivity contribution in [3.63, 3.8) is 0 Å². The molecule has 0 unspecified atom stereocenters. The molecule has 5 heteroatoms. The van der Waals surface area contributed by atoms with Crippen LogP contribution in [0, 0.1) is 5.82 Å². The summed E-state index contributed by atoms with van der Waals surface area (Å²) >= 11 is 0. The Morgan fingerprint density at radius 2 is 2.00 bits per heavy atom. The second-order valence-corrected chi connectivity index (χ2v) is 7.22. The first-order valence-corrected chi connectivity index (χ1v) is 8.77. The number of hydrogen-bond acceptors (Lipinski definition) is 3. The standard InChI is InChI=1S/C21H24FNO3/c1-21(2)13-18(17-10-9-16(25-3)12-19(17)26-21)23-20(24)11-6-14-4-7-15(22)8-5-14/h4-5,7-10,12,18H,6,11,13H2,1-3H3,(H,23,24)/t18-/m0/s1. The minimum absolute atomic E-state index is 0.0289. The molecule has 2 aromatic carbocycles. The van der Waals surface area contributed by atoms with Gasteiger partial charge in [-0.3, -0.25) is 4.79 Å². The van der Waals surface area contributed by atoms with Gasteiger partial charge in [0.05, 0.1) is 13.2 Å². The molecular weight excluding hydrogens is 333 g/mol. The minimum Gasteiger partial charge on any atom is -0.497 e. The fourth-order valence-electron chi connectivity index (χ4n) is 3.26. The number of halogens is 1. The normalized spacial score (nSPS) is 17.8. The fraction of sp³-hybridized carbons (Fsp3) is 0.381. The number of ether oxygens (including phenoxy) is 2. The van der Waals surface area contributed by atoms with Gasteiger partial charge in [-0.1, -0.05) is 12.1 Å². The molecule has 2 aromatic rings. The Morgan fingerprint density at radius 3 is 2.69 bits per heavy atom. The lowest BCUT2D eigenvalue weighted by molar-refractivity contribution is -0.122. The van der Waals surface area contributed by atoms with Crippen molar-refractivity contribution in [3.8, 4) is 11.5 Å². The number of fused-ring (bicyclic) bond motifs is 1. The van der Waals surface area contributed by atoms with Gasteiger partial charge in [-0.05, 0) is 50.1 Å². The Kier molecular flexibility index (Phi) is 5.16. The lowest BCUT2D eigenvalue weighted by Crippen LogP contribution is -2.41. The van der Waals surface area contributed by atoms with Crippen LogP contribution in [0.5, 0.6) is 11.5 Å².